The second kappa shape index (κ2) is 3.78. The molecular weight excluding hydrogens is 248 g/mol. The fourth-order valence-electron chi connectivity index (χ4n) is 4.06. The molecule has 0 aliphatic heterocycles. The highest BCUT2D eigenvalue weighted by Crippen LogP contribution is 2.50. The lowest BCUT2D eigenvalue weighted by atomic mass is 9.64. The van der Waals surface area contributed by atoms with Crippen LogP contribution in [0.25, 0.3) is 5.57 Å². The Hall–Kier alpha value is -1.96. The average molecular weight is 264 g/mol. The monoisotopic (exact) mass is 264 g/mol. The molecule has 0 unspecified atom stereocenters. The van der Waals surface area contributed by atoms with Crippen LogP contribution in [0.1, 0.15) is 54.4 Å². The van der Waals surface area contributed by atoms with E-state index < -0.39 is 0 Å². The van der Waals surface area contributed by atoms with Crippen molar-refractivity contribution in [2.45, 2.75) is 38.5 Å². The van der Waals surface area contributed by atoms with Crippen LogP contribution in [-0.2, 0) is 6.42 Å². The predicted octanol–water partition coefficient (Wildman–Crippen LogP) is 2.90. The molecule has 2 atom stereocenters. The largest absolute Gasteiger partial charge is 0.285 e. The van der Waals surface area contributed by atoms with Crippen molar-refractivity contribution < 1.29 is 0 Å². The number of rotatable bonds is 0. The van der Waals surface area contributed by atoms with Gasteiger partial charge in [0.05, 0.1) is 0 Å². The Morgan fingerprint density at radius 1 is 1.05 bits per heavy atom. The summed E-state index contributed by atoms with van der Waals surface area (Å²) in [5, 5.41) is 0. The van der Waals surface area contributed by atoms with E-state index >= 15 is 0 Å². The normalized spacial score (nSPS) is 24.3. The number of hydrogen-bond donors (Lipinski definition) is 0. The van der Waals surface area contributed by atoms with Gasteiger partial charge in [0.25, 0.3) is 0 Å². The lowest BCUT2D eigenvalue weighted by molar-refractivity contribution is 0.660. The van der Waals surface area contributed by atoms with Gasteiger partial charge in [-0.1, -0.05) is 36.8 Å². The van der Waals surface area contributed by atoms with Gasteiger partial charge < -0.3 is 0 Å². The highest BCUT2D eigenvalue weighted by Gasteiger charge is 2.40. The molecule has 0 fully saturated rings. The molecule has 2 nitrogen and oxygen atoms in total. The van der Waals surface area contributed by atoms with E-state index in [1.54, 1.807) is 0 Å². The van der Waals surface area contributed by atoms with Gasteiger partial charge in [-0.15, -0.1) is 0 Å². The van der Waals surface area contributed by atoms with Gasteiger partial charge in [0.15, 0.2) is 0 Å². The molecule has 0 saturated heterocycles. The summed E-state index contributed by atoms with van der Waals surface area (Å²) in [5.74, 6) is 0.244. The van der Waals surface area contributed by atoms with Crippen molar-refractivity contribution in [2.24, 2.45) is 0 Å². The standard InChI is InChI=1S/C18H16O2/c1-9-10(2)15-16(18(20)17(15)19)13-8-7-11-5-3-4-6-12(11)14(9)13/h3-6,10,13H,7-8H2,1-2H3/t10-,13-/m0/s1. The Kier molecular flexibility index (Phi) is 2.24. The maximum absolute atomic E-state index is 12.0. The Morgan fingerprint density at radius 3 is 2.55 bits per heavy atom. The number of allylic oxidation sites excluding steroid dienone is 2. The summed E-state index contributed by atoms with van der Waals surface area (Å²) in [5.41, 5.74) is 6.35. The summed E-state index contributed by atoms with van der Waals surface area (Å²) in [6.45, 7) is 4.17. The zero-order chi connectivity index (χ0) is 14.0. The Morgan fingerprint density at radius 2 is 1.75 bits per heavy atom. The predicted molar refractivity (Wildman–Crippen MR) is 79.9 cm³/mol. The van der Waals surface area contributed by atoms with E-state index in [0.29, 0.717) is 0 Å². The second-order valence-corrected chi connectivity index (χ2v) is 6.05. The highest BCUT2D eigenvalue weighted by molar-refractivity contribution is 5.81. The lowest BCUT2D eigenvalue weighted by Crippen LogP contribution is -2.45. The van der Waals surface area contributed by atoms with Gasteiger partial charge >= 0.3 is 0 Å². The molecule has 0 saturated carbocycles. The summed E-state index contributed by atoms with van der Waals surface area (Å²) < 4.78 is 0. The van der Waals surface area contributed by atoms with Crippen LogP contribution >= 0.6 is 0 Å². The summed E-state index contributed by atoms with van der Waals surface area (Å²) in [6.07, 6.45) is 1.94. The fourth-order valence-corrected chi connectivity index (χ4v) is 4.06. The van der Waals surface area contributed by atoms with E-state index in [0.717, 1.165) is 24.0 Å². The third-order valence-electron chi connectivity index (χ3n) is 5.20. The topological polar surface area (TPSA) is 34.1 Å². The minimum absolute atomic E-state index is 0.0904. The number of hydrogen-bond acceptors (Lipinski definition) is 2. The molecule has 100 valence electrons. The van der Waals surface area contributed by atoms with Gasteiger partial charge in [-0.3, -0.25) is 9.59 Å². The van der Waals surface area contributed by atoms with Gasteiger partial charge in [-0.05, 0) is 36.5 Å². The molecule has 2 heteroatoms. The Balaban J connectivity index is 2.01. The van der Waals surface area contributed by atoms with E-state index in [1.807, 2.05) is 0 Å². The van der Waals surface area contributed by atoms with Crippen molar-refractivity contribution in [1.82, 2.24) is 0 Å². The van der Waals surface area contributed by atoms with Gasteiger partial charge in [-0.2, -0.15) is 0 Å². The van der Waals surface area contributed by atoms with Crippen LogP contribution in [0.4, 0.5) is 0 Å². The molecule has 0 radical (unpaired) electrons. The maximum Gasteiger partial charge on any atom is 0.230 e. The van der Waals surface area contributed by atoms with E-state index in [4.69, 9.17) is 0 Å². The molecule has 0 spiro atoms. The minimum atomic E-state index is -0.246. The minimum Gasteiger partial charge on any atom is -0.285 e. The summed E-state index contributed by atoms with van der Waals surface area (Å²) in [6, 6.07) is 8.46. The first kappa shape index (κ1) is 11.8. The van der Waals surface area contributed by atoms with Gasteiger partial charge in [0, 0.05) is 23.0 Å². The summed E-state index contributed by atoms with van der Waals surface area (Å²) in [7, 11) is 0. The molecular formula is C18H16O2. The van der Waals surface area contributed by atoms with Gasteiger partial charge in [-0.25, -0.2) is 0 Å². The van der Waals surface area contributed by atoms with Crippen molar-refractivity contribution in [1.29, 1.82) is 0 Å². The lowest BCUT2D eigenvalue weighted by Gasteiger charge is -2.38. The van der Waals surface area contributed by atoms with Crippen LogP contribution in [0.2, 0.25) is 0 Å². The number of fused-ring (bicyclic) bond motifs is 5. The van der Waals surface area contributed by atoms with Crippen molar-refractivity contribution in [3.8, 4) is 0 Å². The van der Waals surface area contributed by atoms with Crippen molar-refractivity contribution in [3.05, 3.63) is 72.5 Å². The van der Waals surface area contributed by atoms with Gasteiger partial charge in [0.2, 0.25) is 10.9 Å². The third kappa shape index (κ3) is 1.24. The van der Waals surface area contributed by atoms with Gasteiger partial charge in [0.1, 0.15) is 0 Å². The van der Waals surface area contributed by atoms with E-state index in [9.17, 15) is 9.59 Å². The van der Waals surface area contributed by atoms with Crippen molar-refractivity contribution in [2.75, 3.05) is 0 Å². The first-order chi connectivity index (χ1) is 9.61. The molecule has 4 rings (SSSR count). The summed E-state index contributed by atoms with van der Waals surface area (Å²) >= 11 is 0. The third-order valence-corrected chi connectivity index (χ3v) is 5.20. The van der Waals surface area contributed by atoms with Crippen LogP contribution in [0.5, 0.6) is 0 Å². The van der Waals surface area contributed by atoms with Crippen molar-refractivity contribution >= 4 is 5.57 Å². The average Bonchev–Trinajstić information content (AvgIpc) is 2.48. The Labute approximate surface area is 117 Å². The molecule has 0 amide bonds. The zero-order valence-corrected chi connectivity index (χ0v) is 11.7. The summed E-state index contributed by atoms with van der Waals surface area (Å²) in [4.78, 5) is 23.8. The maximum atomic E-state index is 12.0. The number of benzene rings is 1. The molecule has 2 aromatic rings. The second-order valence-electron chi connectivity index (χ2n) is 6.05. The molecule has 0 N–H and O–H groups in total. The van der Waals surface area contributed by atoms with E-state index in [1.165, 1.54) is 22.3 Å². The molecule has 0 bridgehead atoms. The zero-order valence-electron chi connectivity index (χ0n) is 11.7. The Bertz CT molecular complexity index is 831. The molecule has 2 aliphatic rings. The SMILES string of the molecule is CC1=C2c3ccccc3CC[C@@H]2c2c(c(=O)c2=O)[C@H]1C. The highest BCUT2D eigenvalue weighted by atomic mass is 16.2. The first-order valence-corrected chi connectivity index (χ1v) is 7.23. The quantitative estimate of drug-likeness (QED) is 0.686. The molecule has 20 heavy (non-hydrogen) atoms. The number of aryl methyl sites for hydroxylation is 1. The molecule has 2 aromatic carbocycles. The molecule has 2 aliphatic carbocycles. The van der Waals surface area contributed by atoms with Crippen LogP contribution in [-0.4, -0.2) is 0 Å². The van der Waals surface area contributed by atoms with Crippen LogP contribution in [0.15, 0.2) is 39.4 Å². The molecule has 0 aromatic heterocycles. The van der Waals surface area contributed by atoms with E-state index in [-0.39, 0.29) is 22.7 Å². The molecule has 0 heterocycles. The van der Waals surface area contributed by atoms with E-state index in [2.05, 4.69) is 38.1 Å². The van der Waals surface area contributed by atoms with Crippen LogP contribution in [0.3, 0.4) is 0 Å². The van der Waals surface area contributed by atoms with Crippen molar-refractivity contribution in [3.63, 3.8) is 0 Å². The van der Waals surface area contributed by atoms with Crippen LogP contribution < -0.4 is 10.9 Å². The smallest absolute Gasteiger partial charge is 0.230 e. The first-order valence-electron chi connectivity index (χ1n) is 7.23. The fraction of sp³-hybridized carbons (Fsp3) is 0.333. The van der Waals surface area contributed by atoms with Crippen LogP contribution in [0, 0.1) is 0 Å².